The quantitative estimate of drug-likeness (QED) is 0.145. The summed E-state index contributed by atoms with van der Waals surface area (Å²) in [6.07, 6.45) is 0.806. The molecule has 9 N–H and O–H groups in total. The van der Waals surface area contributed by atoms with E-state index in [0.717, 1.165) is 0 Å². The number of nitrogens with one attached hydrogen (secondary N) is 2. The molecule has 0 fully saturated rings. The Kier molecular flexibility index (Phi) is 10.8. The van der Waals surface area contributed by atoms with Crippen molar-refractivity contribution in [2.75, 3.05) is 12.3 Å². The maximum absolute atomic E-state index is 12.2. The zero-order valence-electron chi connectivity index (χ0n) is 13.2. The topological polar surface area (TPSA) is 191 Å². The van der Waals surface area contributed by atoms with Gasteiger partial charge in [0, 0.05) is 5.75 Å². The van der Waals surface area contributed by atoms with Gasteiger partial charge in [-0.05, 0) is 25.8 Å². The molecule has 0 aromatic heterocycles. The highest BCUT2D eigenvalue weighted by Crippen LogP contribution is 2.03. The van der Waals surface area contributed by atoms with E-state index in [9.17, 15) is 19.2 Å². The van der Waals surface area contributed by atoms with E-state index in [1.165, 1.54) is 0 Å². The summed E-state index contributed by atoms with van der Waals surface area (Å²) in [5.74, 6) is -3.54. The lowest BCUT2D eigenvalue weighted by Gasteiger charge is -2.21. The molecule has 0 aliphatic heterocycles. The number of aliphatic carboxylic acids is 1. The first-order chi connectivity index (χ1) is 11.2. The molecule has 11 heteroatoms. The summed E-state index contributed by atoms with van der Waals surface area (Å²) in [4.78, 5) is 46.2. The van der Waals surface area contributed by atoms with E-state index in [-0.39, 0.29) is 12.2 Å². The second-order valence-corrected chi connectivity index (χ2v) is 5.57. The summed E-state index contributed by atoms with van der Waals surface area (Å²) in [5, 5.41) is 13.7. The first kappa shape index (κ1) is 22.1. The molecule has 0 rings (SSSR count). The normalized spacial score (nSPS) is 14.3. The third-order valence-corrected chi connectivity index (χ3v) is 3.53. The molecule has 3 unspecified atom stereocenters. The Morgan fingerprint density at radius 3 is 2.08 bits per heavy atom. The number of carboxylic acid groups (broad SMARTS) is 1. The van der Waals surface area contributed by atoms with Crippen LogP contribution >= 0.6 is 12.6 Å². The molecule has 3 amide bonds. The van der Waals surface area contributed by atoms with E-state index < -0.39 is 48.2 Å². The molecule has 0 heterocycles. The zero-order valence-corrected chi connectivity index (χ0v) is 14.1. The van der Waals surface area contributed by atoms with Gasteiger partial charge in [0.15, 0.2) is 0 Å². The van der Waals surface area contributed by atoms with Gasteiger partial charge < -0.3 is 32.9 Å². The minimum atomic E-state index is -1.31. The highest BCUT2D eigenvalue weighted by molar-refractivity contribution is 7.80. The van der Waals surface area contributed by atoms with E-state index in [0.29, 0.717) is 19.4 Å². The summed E-state index contributed by atoms with van der Waals surface area (Å²) in [6.45, 7) is 0.405. The summed E-state index contributed by atoms with van der Waals surface area (Å²) in [6, 6.07) is -3.44. The fourth-order valence-corrected chi connectivity index (χ4v) is 1.96. The van der Waals surface area contributed by atoms with Crippen molar-refractivity contribution >= 4 is 36.3 Å². The van der Waals surface area contributed by atoms with Crippen molar-refractivity contribution < 1.29 is 24.3 Å². The van der Waals surface area contributed by atoms with E-state index in [1.54, 1.807) is 0 Å². The Morgan fingerprint density at radius 1 is 1.04 bits per heavy atom. The highest BCUT2D eigenvalue weighted by atomic mass is 32.1. The predicted octanol–water partition coefficient (Wildman–Crippen LogP) is -2.70. The summed E-state index contributed by atoms with van der Waals surface area (Å²) >= 11 is 3.86. The van der Waals surface area contributed by atoms with Gasteiger partial charge in [0.25, 0.3) is 0 Å². The first-order valence-electron chi connectivity index (χ1n) is 7.41. The van der Waals surface area contributed by atoms with E-state index in [4.69, 9.17) is 22.3 Å². The van der Waals surface area contributed by atoms with Crippen molar-refractivity contribution in [3.8, 4) is 0 Å². The first-order valence-corrected chi connectivity index (χ1v) is 8.04. The van der Waals surface area contributed by atoms with E-state index >= 15 is 0 Å². The molecule has 0 aliphatic carbocycles. The maximum Gasteiger partial charge on any atom is 0.326 e. The van der Waals surface area contributed by atoms with E-state index in [1.807, 2.05) is 0 Å². The molecular weight excluding hydrogens is 338 g/mol. The zero-order chi connectivity index (χ0) is 18.7. The number of nitrogens with two attached hydrogens (primary N) is 3. The average Bonchev–Trinajstić information content (AvgIpc) is 2.51. The van der Waals surface area contributed by atoms with Crippen LogP contribution in [0, 0.1) is 0 Å². The van der Waals surface area contributed by atoms with Crippen LogP contribution in [-0.4, -0.2) is 59.2 Å². The van der Waals surface area contributed by atoms with Crippen LogP contribution < -0.4 is 27.8 Å². The standard InChI is InChI=1S/C13H25N5O5S/c14-4-2-1-3-8(13(22)23)17-12(21)9(5-10(16)19)18-11(20)7(15)6-24/h7-9,24H,1-6,14-15H2,(H2,16,19)(H,17,21)(H,18,20)(H,22,23). The number of hydrogen-bond donors (Lipinski definition) is 7. The van der Waals surface area contributed by atoms with Crippen molar-refractivity contribution in [3.63, 3.8) is 0 Å². The lowest BCUT2D eigenvalue weighted by molar-refractivity contribution is -0.142. The number of carbonyl (C=O) groups is 4. The van der Waals surface area contributed by atoms with Crippen LogP contribution in [0.4, 0.5) is 0 Å². The van der Waals surface area contributed by atoms with Crippen LogP contribution in [0.25, 0.3) is 0 Å². The molecule has 0 spiro atoms. The van der Waals surface area contributed by atoms with E-state index in [2.05, 4.69) is 23.3 Å². The monoisotopic (exact) mass is 363 g/mol. The fourth-order valence-electron chi connectivity index (χ4n) is 1.79. The van der Waals surface area contributed by atoms with Gasteiger partial charge in [0.2, 0.25) is 17.7 Å². The van der Waals surface area contributed by atoms with Crippen molar-refractivity contribution in [2.24, 2.45) is 17.2 Å². The number of carboxylic acids is 1. The lowest BCUT2D eigenvalue weighted by atomic mass is 10.1. The molecule has 0 aromatic rings. The number of amides is 3. The third-order valence-electron chi connectivity index (χ3n) is 3.13. The Balaban J connectivity index is 4.91. The van der Waals surface area contributed by atoms with Crippen LogP contribution in [0.5, 0.6) is 0 Å². The minimum absolute atomic E-state index is 0.0353. The molecule has 10 nitrogen and oxygen atoms in total. The largest absolute Gasteiger partial charge is 0.480 e. The summed E-state index contributed by atoms with van der Waals surface area (Å²) in [7, 11) is 0. The van der Waals surface area contributed by atoms with Crippen molar-refractivity contribution in [1.82, 2.24) is 10.6 Å². The number of hydrogen-bond acceptors (Lipinski definition) is 7. The van der Waals surface area contributed by atoms with Gasteiger partial charge in [-0.2, -0.15) is 12.6 Å². The second kappa shape index (κ2) is 11.6. The molecule has 138 valence electrons. The smallest absolute Gasteiger partial charge is 0.326 e. The molecule has 0 saturated carbocycles. The molecule has 3 atom stereocenters. The van der Waals surface area contributed by atoms with Crippen LogP contribution in [-0.2, 0) is 19.2 Å². The Morgan fingerprint density at radius 2 is 1.62 bits per heavy atom. The number of carbonyl (C=O) groups excluding carboxylic acids is 3. The Labute approximate surface area is 145 Å². The van der Waals surface area contributed by atoms with Gasteiger partial charge in [-0.1, -0.05) is 0 Å². The summed E-state index contributed by atoms with van der Waals surface area (Å²) in [5.41, 5.74) is 15.9. The molecule has 0 radical (unpaired) electrons. The molecule has 0 aromatic carbocycles. The molecule has 0 bridgehead atoms. The van der Waals surface area contributed by atoms with Crippen LogP contribution in [0.1, 0.15) is 25.7 Å². The van der Waals surface area contributed by atoms with Gasteiger partial charge in [-0.25, -0.2) is 4.79 Å². The lowest BCUT2D eigenvalue weighted by Crippen LogP contribution is -2.55. The second-order valence-electron chi connectivity index (χ2n) is 5.20. The third kappa shape index (κ3) is 8.70. The maximum atomic E-state index is 12.2. The Bertz CT molecular complexity index is 462. The van der Waals surface area contributed by atoms with Crippen molar-refractivity contribution in [1.29, 1.82) is 0 Å². The van der Waals surface area contributed by atoms with Gasteiger partial charge in [-0.3, -0.25) is 14.4 Å². The van der Waals surface area contributed by atoms with Crippen molar-refractivity contribution in [3.05, 3.63) is 0 Å². The molecule has 0 saturated heterocycles. The van der Waals surface area contributed by atoms with Crippen molar-refractivity contribution in [2.45, 2.75) is 43.8 Å². The highest BCUT2D eigenvalue weighted by Gasteiger charge is 2.28. The van der Waals surface area contributed by atoms with Crippen LogP contribution in [0.15, 0.2) is 0 Å². The van der Waals surface area contributed by atoms with Gasteiger partial charge in [-0.15, -0.1) is 0 Å². The van der Waals surface area contributed by atoms with Gasteiger partial charge in [0.05, 0.1) is 12.5 Å². The fraction of sp³-hybridized carbons (Fsp3) is 0.692. The SMILES string of the molecule is NCCCCC(NC(=O)C(CC(N)=O)NC(=O)C(N)CS)C(=O)O. The van der Waals surface area contributed by atoms with Gasteiger partial charge in [0.1, 0.15) is 12.1 Å². The number of primary amides is 1. The molecular formula is C13H25N5O5S. The number of thiol groups is 1. The average molecular weight is 363 g/mol. The van der Waals surface area contributed by atoms with Crippen LogP contribution in [0.2, 0.25) is 0 Å². The number of rotatable bonds is 12. The predicted molar refractivity (Wildman–Crippen MR) is 90.0 cm³/mol. The Hall–Kier alpha value is -1.85. The van der Waals surface area contributed by atoms with Crippen LogP contribution in [0.3, 0.4) is 0 Å². The minimum Gasteiger partial charge on any atom is -0.480 e. The molecule has 24 heavy (non-hydrogen) atoms. The summed E-state index contributed by atoms with van der Waals surface area (Å²) < 4.78 is 0. The molecule has 0 aliphatic rings. The number of unbranched alkanes of at least 4 members (excludes halogenated alkanes) is 1. The van der Waals surface area contributed by atoms with Gasteiger partial charge >= 0.3 is 5.97 Å².